The van der Waals surface area contributed by atoms with Gasteiger partial charge in [-0.15, -0.1) is 6.58 Å². The number of rotatable bonds is 6. The number of hydrogen-bond acceptors (Lipinski definition) is 2. The molecule has 15 heavy (non-hydrogen) atoms. The molecular formula is C13H26N2. The molecule has 1 saturated heterocycles. The molecule has 0 saturated carbocycles. The van der Waals surface area contributed by atoms with Gasteiger partial charge in [0.05, 0.1) is 0 Å². The van der Waals surface area contributed by atoms with E-state index in [0.29, 0.717) is 12.1 Å². The van der Waals surface area contributed by atoms with Crippen molar-refractivity contribution in [3.63, 3.8) is 0 Å². The van der Waals surface area contributed by atoms with Crippen LogP contribution in [0.15, 0.2) is 12.7 Å². The number of nitrogens with zero attached hydrogens (tertiary/aromatic N) is 1. The lowest BCUT2D eigenvalue weighted by molar-refractivity contribution is 0.191. The molecule has 0 aromatic rings. The normalized spacial score (nSPS) is 25.1. The molecule has 0 bridgehead atoms. The van der Waals surface area contributed by atoms with E-state index in [0.717, 1.165) is 6.42 Å². The maximum Gasteiger partial charge on any atom is 0.0197 e. The summed E-state index contributed by atoms with van der Waals surface area (Å²) in [5, 5.41) is 3.73. The van der Waals surface area contributed by atoms with Crippen molar-refractivity contribution in [2.24, 2.45) is 0 Å². The summed E-state index contributed by atoms with van der Waals surface area (Å²) in [7, 11) is 0. The summed E-state index contributed by atoms with van der Waals surface area (Å²) in [4.78, 5) is 2.54. The van der Waals surface area contributed by atoms with Crippen LogP contribution in [0.3, 0.4) is 0 Å². The van der Waals surface area contributed by atoms with Crippen LogP contribution in [0.25, 0.3) is 0 Å². The Bertz CT molecular complexity index is 179. The van der Waals surface area contributed by atoms with Gasteiger partial charge in [-0.05, 0) is 45.7 Å². The quantitative estimate of drug-likeness (QED) is 0.677. The third kappa shape index (κ3) is 4.80. The zero-order chi connectivity index (χ0) is 11.1. The van der Waals surface area contributed by atoms with Gasteiger partial charge in [-0.1, -0.05) is 13.0 Å². The Morgan fingerprint density at radius 3 is 3.07 bits per heavy atom. The second-order valence-electron chi connectivity index (χ2n) is 4.67. The van der Waals surface area contributed by atoms with Gasteiger partial charge in [0.25, 0.3) is 0 Å². The van der Waals surface area contributed by atoms with Crippen molar-refractivity contribution in [3.05, 3.63) is 12.7 Å². The average molecular weight is 210 g/mol. The largest absolute Gasteiger partial charge is 0.310 e. The monoisotopic (exact) mass is 210 g/mol. The van der Waals surface area contributed by atoms with Crippen molar-refractivity contribution in [1.82, 2.24) is 10.2 Å². The van der Waals surface area contributed by atoms with Crippen molar-refractivity contribution >= 4 is 0 Å². The van der Waals surface area contributed by atoms with Gasteiger partial charge in [-0.3, -0.25) is 0 Å². The van der Waals surface area contributed by atoms with Crippen LogP contribution in [0.5, 0.6) is 0 Å². The van der Waals surface area contributed by atoms with Gasteiger partial charge in [-0.2, -0.15) is 0 Å². The first-order chi connectivity index (χ1) is 7.26. The SMILES string of the molecule is C=CCCC(C)NC1CCCN(CC)C1. The lowest BCUT2D eigenvalue weighted by Crippen LogP contribution is -2.48. The molecule has 0 aromatic carbocycles. The maximum absolute atomic E-state index is 3.77. The number of likely N-dealkylation sites (tertiary alicyclic amines) is 1. The van der Waals surface area contributed by atoms with E-state index in [1.165, 1.54) is 38.9 Å². The van der Waals surface area contributed by atoms with Gasteiger partial charge >= 0.3 is 0 Å². The molecule has 2 unspecified atom stereocenters. The van der Waals surface area contributed by atoms with E-state index in [2.05, 4.69) is 30.6 Å². The Labute approximate surface area is 94.7 Å². The van der Waals surface area contributed by atoms with Crippen LogP contribution >= 0.6 is 0 Å². The number of hydrogen-bond donors (Lipinski definition) is 1. The molecule has 0 aromatic heterocycles. The van der Waals surface area contributed by atoms with Gasteiger partial charge < -0.3 is 10.2 Å². The highest BCUT2D eigenvalue weighted by atomic mass is 15.2. The van der Waals surface area contributed by atoms with Crippen LogP contribution in [0.1, 0.15) is 39.5 Å². The molecule has 0 amide bonds. The fourth-order valence-electron chi connectivity index (χ4n) is 2.33. The molecule has 0 aliphatic carbocycles. The van der Waals surface area contributed by atoms with Crippen LogP contribution in [-0.2, 0) is 0 Å². The highest BCUT2D eigenvalue weighted by Crippen LogP contribution is 2.11. The number of likely N-dealkylation sites (N-methyl/N-ethyl adjacent to an activating group) is 1. The van der Waals surface area contributed by atoms with Crippen molar-refractivity contribution in [1.29, 1.82) is 0 Å². The summed E-state index contributed by atoms with van der Waals surface area (Å²) >= 11 is 0. The average Bonchev–Trinajstić information content (AvgIpc) is 2.26. The maximum atomic E-state index is 3.77. The smallest absolute Gasteiger partial charge is 0.0197 e. The molecule has 88 valence electrons. The summed E-state index contributed by atoms with van der Waals surface area (Å²) in [5.74, 6) is 0. The van der Waals surface area contributed by atoms with Gasteiger partial charge in [0.1, 0.15) is 0 Å². The van der Waals surface area contributed by atoms with Crippen molar-refractivity contribution in [3.8, 4) is 0 Å². The molecule has 1 N–H and O–H groups in total. The molecule has 1 fully saturated rings. The second-order valence-corrected chi connectivity index (χ2v) is 4.67. The zero-order valence-electron chi connectivity index (χ0n) is 10.3. The molecular weight excluding hydrogens is 184 g/mol. The molecule has 1 rings (SSSR count). The predicted molar refractivity (Wildman–Crippen MR) is 67.2 cm³/mol. The van der Waals surface area contributed by atoms with Gasteiger partial charge in [0.2, 0.25) is 0 Å². The first-order valence-corrected chi connectivity index (χ1v) is 6.35. The fourth-order valence-corrected chi connectivity index (χ4v) is 2.33. The van der Waals surface area contributed by atoms with Gasteiger partial charge in [0.15, 0.2) is 0 Å². The van der Waals surface area contributed by atoms with E-state index in [1.807, 2.05) is 6.08 Å². The fraction of sp³-hybridized carbons (Fsp3) is 0.846. The first kappa shape index (κ1) is 12.7. The summed E-state index contributed by atoms with van der Waals surface area (Å²) in [6, 6.07) is 1.34. The molecule has 0 spiro atoms. The minimum atomic E-state index is 0.629. The number of allylic oxidation sites excluding steroid dienone is 1. The first-order valence-electron chi connectivity index (χ1n) is 6.35. The molecule has 1 heterocycles. The van der Waals surface area contributed by atoms with Gasteiger partial charge in [0, 0.05) is 18.6 Å². The summed E-state index contributed by atoms with van der Waals surface area (Å²) in [6.07, 6.45) is 7.04. The van der Waals surface area contributed by atoms with Crippen LogP contribution in [0.2, 0.25) is 0 Å². The Kier molecular flexibility index (Phi) is 5.96. The third-order valence-electron chi connectivity index (χ3n) is 3.28. The molecule has 2 heteroatoms. The highest BCUT2D eigenvalue weighted by Gasteiger charge is 2.19. The van der Waals surface area contributed by atoms with Crippen LogP contribution in [0.4, 0.5) is 0 Å². The van der Waals surface area contributed by atoms with Crippen molar-refractivity contribution in [2.75, 3.05) is 19.6 Å². The Hall–Kier alpha value is -0.340. The highest BCUT2D eigenvalue weighted by molar-refractivity contribution is 4.80. The topological polar surface area (TPSA) is 15.3 Å². The van der Waals surface area contributed by atoms with Crippen LogP contribution in [-0.4, -0.2) is 36.6 Å². The molecule has 0 radical (unpaired) electrons. The van der Waals surface area contributed by atoms with E-state index in [4.69, 9.17) is 0 Å². The summed E-state index contributed by atoms with van der Waals surface area (Å²) in [5.41, 5.74) is 0. The molecule has 1 aliphatic rings. The van der Waals surface area contributed by atoms with Gasteiger partial charge in [-0.25, -0.2) is 0 Å². The summed E-state index contributed by atoms with van der Waals surface area (Å²) < 4.78 is 0. The summed E-state index contributed by atoms with van der Waals surface area (Å²) in [6.45, 7) is 12.0. The van der Waals surface area contributed by atoms with E-state index in [-0.39, 0.29) is 0 Å². The van der Waals surface area contributed by atoms with E-state index < -0.39 is 0 Å². The predicted octanol–water partition coefficient (Wildman–Crippen LogP) is 2.42. The lowest BCUT2D eigenvalue weighted by Gasteiger charge is -2.34. The molecule has 1 aliphatic heterocycles. The zero-order valence-corrected chi connectivity index (χ0v) is 10.3. The van der Waals surface area contributed by atoms with Crippen LogP contribution in [0, 0.1) is 0 Å². The van der Waals surface area contributed by atoms with Crippen molar-refractivity contribution < 1.29 is 0 Å². The number of nitrogens with one attached hydrogen (secondary N) is 1. The minimum absolute atomic E-state index is 0.629. The molecule has 2 nitrogen and oxygen atoms in total. The lowest BCUT2D eigenvalue weighted by atomic mass is 10.0. The molecule has 2 atom stereocenters. The second kappa shape index (κ2) is 7.02. The third-order valence-corrected chi connectivity index (χ3v) is 3.28. The van der Waals surface area contributed by atoms with E-state index in [9.17, 15) is 0 Å². The Balaban J connectivity index is 2.21. The van der Waals surface area contributed by atoms with E-state index in [1.54, 1.807) is 0 Å². The minimum Gasteiger partial charge on any atom is -0.310 e. The number of piperidine rings is 1. The van der Waals surface area contributed by atoms with Crippen molar-refractivity contribution in [2.45, 2.75) is 51.6 Å². The standard InChI is InChI=1S/C13H26N2/c1-4-6-8-12(3)14-13-9-7-10-15(5-2)11-13/h4,12-14H,1,5-11H2,2-3H3. The van der Waals surface area contributed by atoms with E-state index >= 15 is 0 Å². The Morgan fingerprint density at radius 1 is 1.60 bits per heavy atom. The van der Waals surface area contributed by atoms with Crippen LogP contribution < -0.4 is 5.32 Å². The Morgan fingerprint density at radius 2 is 2.40 bits per heavy atom.